The molecule has 0 aliphatic heterocycles. The predicted molar refractivity (Wildman–Crippen MR) is 135 cm³/mol. The summed E-state index contributed by atoms with van der Waals surface area (Å²) >= 11 is 3.40. The minimum atomic E-state index is -0.777. The molecule has 0 fully saturated rings. The highest BCUT2D eigenvalue weighted by atomic mass is 79.9. The highest BCUT2D eigenvalue weighted by Crippen LogP contribution is 2.26. The molecule has 0 spiro atoms. The average molecular weight is 517 g/mol. The van der Waals surface area contributed by atoms with Gasteiger partial charge in [0.05, 0.1) is 11.8 Å². The van der Waals surface area contributed by atoms with Gasteiger partial charge in [0.25, 0.3) is 5.91 Å². The van der Waals surface area contributed by atoms with E-state index >= 15 is 0 Å². The lowest BCUT2D eigenvalue weighted by molar-refractivity contribution is -0.127. The largest absolute Gasteiger partial charge is 0.480 e. The topological polar surface area (TPSA) is 77.0 Å². The van der Waals surface area contributed by atoms with E-state index in [1.165, 1.54) is 6.21 Å². The van der Waals surface area contributed by atoms with Crippen molar-refractivity contribution >= 4 is 44.8 Å². The van der Waals surface area contributed by atoms with Crippen LogP contribution in [-0.4, -0.2) is 24.2 Å². The van der Waals surface area contributed by atoms with E-state index in [1.807, 2.05) is 48.5 Å². The second kappa shape index (κ2) is 10.8. The summed E-state index contributed by atoms with van der Waals surface area (Å²) in [6.07, 6.45) is 0.641. The summed E-state index contributed by atoms with van der Waals surface area (Å²) in [5, 5.41) is 5.98. The third kappa shape index (κ3) is 5.68. The Labute approximate surface area is 205 Å². The van der Waals surface area contributed by atoms with Crippen LogP contribution in [0.1, 0.15) is 22.8 Å². The number of benzene rings is 4. The summed E-state index contributed by atoms with van der Waals surface area (Å²) in [4.78, 5) is 25.0. The lowest BCUT2D eigenvalue weighted by Gasteiger charge is -2.14. The lowest BCUT2D eigenvalue weighted by atomic mass is 10.1. The molecule has 4 aromatic rings. The van der Waals surface area contributed by atoms with E-state index in [1.54, 1.807) is 49.4 Å². The van der Waals surface area contributed by atoms with E-state index < -0.39 is 18.0 Å². The van der Waals surface area contributed by atoms with E-state index in [4.69, 9.17) is 9.47 Å². The molecule has 6 nitrogen and oxygen atoms in total. The second-order valence-corrected chi connectivity index (χ2v) is 8.32. The maximum atomic E-state index is 12.5. The highest BCUT2D eigenvalue weighted by molar-refractivity contribution is 9.10. The minimum Gasteiger partial charge on any atom is -0.480 e. The molecule has 170 valence electrons. The number of fused-ring (bicyclic) bond motifs is 1. The Morgan fingerprint density at radius 3 is 2.47 bits per heavy atom. The van der Waals surface area contributed by atoms with Crippen LogP contribution in [0.15, 0.2) is 101 Å². The van der Waals surface area contributed by atoms with Gasteiger partial charge in [0, 0.05) is 15.4 Å². The molecule has 0 bridgehead atoms. The van der Waals surface area contributed by atoms with Crippen molar-refractivity contribution in [1.82, 2.24) is 5.43 Å². The van der Waals surface area contributed by atoms with Crippen molar-refractivity contribution in [3.63, 3.8) is 0 Å². The number of hydrazone groups is 1. The number of hydrogen-bond donors (Lipinski definition) is 1. The summed E-state index contributed by atoms with van der Waals surface area (Å²) in [6.45, 7) is 1.65. The Morgan fingerprint density at radius 1 is 0.912 bits per heavy atom. The molecule has 1 N–H and O–H groups in total. The fourth-order valence-electron chi connectivity index (χ4n) is 3.24. The van der Waals surface area contributed by atoms with Gasteiger partial charge in [-0.3, -0.25) is 4.79 Å². The van der Waals surface area contributed by atoms with Crippen molar-refractivity contribution in [2.24, 2.45) is 5.10 Å². The van der Waals surface area contributed by atoms with Gasteiger partial charge in [-0.05, 0) is 48.7 Å². The summed E-state index contributed by atoms with van der Waals surface area (Å²) in [7, 11) is 0. The fraction of sp³-hybridized carbons (Fsp3) is 0.0741. The molecule has 0 radical (unpaired) electrons. The number of ether oxygens (including phenoxy) is 2. The SMILES string of the molecule is C[C@@H](Oc1cccc2ccccc12)C(=O)N/N=C\c1cc(Br)ccc1OC(=O)c1ccccc1. The first-order chi connectivity index (χ1) is 16.5. The first-order valence-electron chi connectivity index (χ1n) is 10.6. The van der Waals surface area contributed by atoms with E-state index in [0.717, 1.165) is 15.2 Å². The monoisotopic (exact) mass is 516 g/mol. The van der Waals surface area contributed by atoms with Crippen molar-refractivity contribution in [2.45, 2.75) is 13.0 Å². The van der Waals surface area contributed by atoms with E-state index in [-0.39, 0.29) is 0 Å². The third-order valence-corrected chi connectivity index (χ3v) is 5.48. The number of amides is 1. The maximum absolute atomic E-state index is 12.5. The number of nitrogens with zero attached hydrogens (tertiary/aromatic N) is 1. The molecular formula is C27H21BrN2O4. The van der Waals surface area contributed by atoms with Crippen molar-refractivity contribution in [3.8, 4) is 11.5 Å². The van der Waals surface area contributed by atoms with Crippen molar-refractivity contribution in [1.29, 1.82) is 0 Å². The van der Waals surface area contributed by atoms with E-state index in [9.17, 15) is 9.59 Å². The summed E-state index contributed by atoms with van der Waals surface area (Å²) < 4.78 is 12.2. The minimum absolute atomic E-state index is 0.315. The van der Waals surface area contributed by atoms with Gasteiger partial charge < -0.3 is 9.47 Å². The molecule has 0 aliphatic carbocycles. The number of carbonyl (C=O) groups is 2. The number of carbonyl (C=O) groups excluding carboxylic acids is 2. The summed E-state index contributed by atoms with van der Waals surface area (Å²) in [5.74, 6) is 0.0302. The van der Waals surface area contributed by atoms with Crippen LogP contribution in [0.2, 0.25) is 0 Å². The van der Waals surface area contributed by atoms with Crippen LogP contribution in [-0.2, 0) is 4.79 Å². The smallest absolute Gasteiger partial charge is 0.343 e. The van der Waals surface area contributed by atoms with Crippen molar-refractivity contribution < 1.29 is 19.1 Å². The van der Waals surface area contributed by atoms with Gasteiger partial charge in [-0.25, -0.2) is 10.2 Å². The van der Waals surface area contributed by atoms with Gasteiger partial charge in [-0.15, -0.1) is 0 Å². The normalized spacial score (nSPS) is 11.8. The number of hydrogen-bond acceptors (Lipinski definition) is 5. The number of esters is 1. The Hall–Kier alpha value is -3.97. The Kier molecular flexibility index (Phi) is 7.34. The number of nitrogens with one attached hydrogen (secondary N) is 1. The third-order valence-electron chi connectivity index (χ3n) is 4.98. The van der Waals surface area contributed by atoms with Crippen molar-refractivity contribution in [2.75, 3.05) is 0 Å². The lowest BCUT2D eigenvalue weighted by Crippen LogP contribution is -2.33. The molecule has 1 atom stereocenters. The van der Waals surface area contributed by atoms with Crippen LogP contribution in [0.5, 0.6) is 11.5 Å². The molecule has 0 aliphatic rings. The molecule has 0 saturated carbocycles. The molecule has 0 unspecified atom stereocenters. The fourth-order valence-corrected chi connectivity index (χ4v) is 3.62. The van der Waals surface area contributed by atoms with Gasteiger partial charge >= 0.3 is 5.97 Å². The zero-order valence-corrected chi connectivity index (χ0v) is 19.9. The van der Waals surface area contributed by atoms with Crippen LogP contribution in [0.25, 0.3) is 10.8 Å². The first-order valence-corrected chi connectivity index (χ1v) is 11.3. The Bertz CT molecular complexity index is 1350. The number of halogens is 1. The van der Waals surface area contributed by atoms with Crippen LogP contribution >= 0.6 is 15.9 Å². The quantitative estimate of drug-likeness (QED) is 0.147. The molecular weight excluding hydrogens is 496 g/mol. The molecule has 0 saturated heterocycles. The zero-order chi connectivity index (χ0) is 23.9. The molecule has 0 aromatic heterocycles. The molecule has 1 amide bonds. The van der Waals surface area contributed by atoms with Crippen molar-refractivity contribution in [3.05, 3.63) is 107 Å². The average Bonchev–Trinajstić information content (AvgIpc) is 2.86. The van der Waals surface area contributed by atoms with Crippen LogP contribution in [0.3, 0.4) is 0 Å². The molecule has 4 aromatic carbocycles. The van der Waals surface area contributed by atoms with Gasteiger partial charge in [0.2, 0.25) is 0 Å². The molecule has 4 rings (SSSR count). The van der Waals surface area contributed by atoms with E-state index in [2.05, 4.69) is 26.5 Å². The second-order valence-electron chi connectivity index (χ2n) is 7.41. The maximum Gasteiger partial charge on any atom is 0.343 e. The van der Waals surface area contributed by atoms with Gasteiger partial charge in [0.1, 0.15) is 11.5 Å². The van der Waals surface area contributed by atoms with Gasteiger partial charge in [0.15, 0.2) is 6.10 Å². The van der Waals surface area contributed by atoms with Crippen LogP contribution < -0.4 is 14.9 Å². The highest BCUT2D eigenvalue weighted by Gasteiger charge is 2.16. The molecule has 0 heterocycles. The van der Waals surface area contributed by atoms with E-state index in [0.29, 0.717) is 22.6 Å². The molecule has 34 heavy (non-hydrogen) atoms. The number of rotatable bonds is 7. The van der Waals surface area contributed by atoms with Crippen LogP contribution in [0, 0.1) is 0 Å². The Morgan fingerprint density at radius 2 is 1.65 bits per heavy atom. The van der Waals surface area contributed by atoms with Gasteiger partial charge in [-0.1, -0.05) is 70.5 Å². The Balaban J connectivity index is 1.43. The molecule has 7 heteroatoms. The summed E-state index contributed by atoms with van der Waals surface area (Å²) in [6, 6.07) is 27.3. The predicted octanol–water partition coefficient (Wildman–Crippen LogP) is 5.74. The zero-order valence-electron chi connectivity index (χ0n) is 18.3. The van der Waals surface area contributed by atoms with Gasteiger partial charge in [-0.2, -0.15) is 5.10 Å². The first kappa shape index (κ1) is 23.2. The summed E-state index contributed by atoms with van der Waals surface area (Å²) in [5.41, 5.74) is 3.43. The standard InChI is InChI=1S/C27H21BrN2O4/c1-18(33-25-13-7-11-19-8-5-6-12-23(19)25)26(31)30-29-17-21-16-22(28)14-15-24(21)34-27(32)20-9-3-2-4-10-20/h2-18H,1H3,(H,30,31)/b29-17-/t18-/m1/s1. The van der Waals surface area contributed by atoms with Crippen LogP contribution in [0.4, 0.5) is 0 Å².